The van der Waals surface area contributed by atoms with Gasteiger partial charge in [-0.05, 0) is 50.6 Å². The Morgan fingerprint density at radius 1 is 1.14 bits per heavy atom. The van der Waals surface area contributed by atoms with Crippen LogP contribution in [0, 0.1) is 19.7 Å². The van der Waals surface area contributed by atoms with Gasteiger partial charge in [-0.1, -0.05) is 30.3 Å². The first-order valence-electron chi connectivity index (χ1n) is 9.21. The molecule has 0 fully saturated rings. The van der Waals surface area contributed by atoms with Crippen molar-refractivity contribution < 1.29 is 13.9 Å². The number of aryl methyl sites for hydroxylation is 1. The van der Waals surface area contributed by atoms with Crippen LogP contribution in [0.15, 0.2) is 54.6 Å². The predicted molar refractivity (Wildman–Crippen MR) is 106 cm³/mol. The van der Waals surface area contributed by atoms with Crippen LogP contribution in [0.3, 0.4) is 0 Å². The summed E-state index contributed by atoms with van der Waals surface area (Å²) in [5.41, 5.74) is 4.08. The number of benzene rings is 2. The van der Waals surface area contributed by atoms with Crippen molar-refractivity contribution in [2.24, 2.45) is 0 Å². The van der Waals surface area contributed by atoms with Crippen LogP contribution in [0.25, 0.3) is 0 Å². The summed E-state index contributed by atoms with van der Waals surface area (Å²) in [5.74, 6) is -0.131. The lowest BCUT2D eigenvalue weighted by Gasteiger charge is -2.15. The van der Waals surface area contributed by atoms with Gasteiger partial charge >= 0.3 is 0 Å². The molecule has 0 aliphatic carbocycles. The standard InChI is InChI=1S/C22H24FN3O2/c1-15-21(16(2)26(25-15)14-18-7-5-4-6-8-18)13-24-22(27)17(3)28-20-11-9-19(23)10-12-20/h4-12,17H,13-14H2,1-3H3,(H,24,27). The normalized spacial score (nSPS) is 11.9. The number of rotatable bonds is 7. The van der Waals surface area contributed by atoms with Crippen molar-refractivity contribution in [3.63, 3.8) is 0 Å². The molecule has 5 nitrogen and oxygen atoms in total. The molecule has 0 radical (unpaired) electrons. The Hall–Kier alpha value is -3.15. The van der Waals surface area contributed by atoms with Crippen LogP contribution in [-0.4, -0.2) is 21.8 Å². The highest BCUT2D eigenvalue weighted by molar-refractivity contribution is 5.80. The van der Waals surface area contributed by atoms with Gasteiger partial charge in [0.25, 0.3) is 5.91 Å². The van der Waals surface area contributed by atoms with E-state index in [1.54, 1.807) is 6.92 Å². The number of hydrogen-bond donors (Lipinski definition) is 1. The molecule has 3 aromatic rings. The number of aromatic nitrogens is 2. The fourth-order valence-corrected chi connectivity index (χ4v) is 2.99. The Morgan fingerprint density at radius 2 is 1.82 bits per heavy atom. The van der Waals surface area contributed by atoms with E-state index in [1.807, 2.05) is 36.7 Å². The lowest BCUT2D eigenvalue weighted by atomic mass is 10.2. The Labute approximate surface area is 164 Å². The van der Waals surface area contributed by atoms with E-state index >= 15 is 0 Å². The zero-order valence-electron chi connectivity index (χ0n) is 16.3. The van der Waals surface area contributed by atoms with Gasteiger partial charge in [0, 0.05) is 17.8 Å². The monoisotopic (exact) mass is 381 g/mol. The number of carbonyl (C=O) groups excluding carboxylic acids is 1. The minimum Gasteiger partial charge on any atom is -0.481 e. The molecule has 0 saturated heterocycles. The van der Waals surface area contributed by atoms with Gasteiger partial charge in [0.2, 0.25) is 0 Å². The molecule has 146 valence electrons. The highest BCUT2D eigenvalue weighted by Crippen LogP contribution is 2.16. The third-order valence-electron chi connectivity index (χ3n) is 4.64. The average molecular weight is 381 g/mol. The third-order valence-corrected chi connectivity index (χ3v) is 4.64. The highest BCUT2D eigenvalue weighted by Gasteiger charge is 2.17. The Balaban J connectivity index is 1.60. The van der Waals surface area contributed by atoms with Gasteiger partial charge in [-0.2, -0.15) is 5.10 Å². The molecule has 1 aromatic heterocycles. The minimum absolute atomic E-state index is 0.237. The first-order chi connectivity index (χ1) is 13.4. The van der Waals surface area contributed by atoms with E-state index in [0.717, 1.165) is 17.0 Å². The summed E-state index contributed by atoms with van der Waals surface area (Å²) < 4.78 is 20.5. The first-order valence-corrected chi connectivity index (χ1v) is 9.21. The van der Waals surface area contributed by atoms with Crippen molar-refractivity contribution in [3.05, 3.63) is 82.9 Å². The molecule has 0 aliphatic rings. The number of carbonyl (C=O) groups is 1. The van der Waals surface area contributed by atoms with E-state index in [0.29, 0.717) is 18.8 Å². The summed E-state index contributed by atoms with van der Waals surface area (Å²) in [6.45, 7) is 6.67. The lowest BCUT2D eigenvalue weighted by Crippen LogP contribution is -2.36. The molecule has 0 aliphatic heterocycles. The number of amides is 1. The zero-order chi connectivity index (χ0) is 20.1. The Bertz CT molecular complexity index is 936. The van der Waals surface area contributed by atoms with Crippen LogP contribution >= 0.6 is 0 Å². The second-order valence-corrected chi connectivity index (χ2v) is 6.72. The van der Waals surface area contributed by atoms with E-state index in [2.05, 4.69) is 22.5 Å². The van der Waals surface area contributed by atoms with E-state index in [9.17, 15) is 9.18 Å². The van der Waals surface area contributed by atoms with Crippen molar-refractivity contribution in [3.8, 4) is 5.75 Å². The second kappa shape index (κ2) is 8.69. The first kappa shape index (κ1) is 19.6. The summed E-state index contributed by atoms with van der Waals surface area (Å²) in [6, 6.07) is 15.7. The molecule has 1 heterocycles. The minimum atomic E-state index is -0.689. The van der Waals surface area contributed by atoms with Crippen molar-refractivity contribution in [1.29, 1.82) is 0 Å². The molecule has 3 rings (SSSR count). The Morgan fingerprint density at radius 3 is 2.50 bits per heavy atom. The van der Waals surface area contributed by atoms with Gasteiger partial charge in [-0.25, -0.2) is 4.39 Å². The second-order valence-electron chi connectivity index (χ2n) is 6.72. The lowest BCUT2D eigenvalue weighted by molar-refractivity contribution is -0.127. The molecule has 2 aromatic carbocycles. The third kappa shape index (κ3) is 4.76. The molecule has 6 heteroatoms. The zero-order valence-corrected chi connectivity index (χ0v) is 16.3. The molecule has 1 atom stereocenters. The molecule has 1 amide bonds. The highest BCUT2D eigenvalue weighted by atomic mass is 19.1. The molecule has 1 N–H and O–H groups in total. The van der Waals surface area contributed by atoms with Gasteiger partial charge in [-0.15, -0.1) is 0 Å². The molecule has 1 unspecified atom stereocenters. The summed E-state index contributed by atoms with van der Waals surface area (Å²) in [4.78, 5) is 12.4. The molecule has 0 saturated carbocycles. The van der Waals surface area contributed by atoms with E-state index in [1.165, 1.54) is 29.8 Å². The average Bonchev–Trinajstić information content (AvgIpc) is 2.95. The molecule has 28 heavy (non-hydrogen) atoms. The van der Waals surface area contributed by atoms with Gasteiger partial charge in [0.1, 0.15) is 11.6 Å². The van der Waals surface area contributed by atoms with Gasteiger partial charge in [-0.3, -0.25) is 9.48 Å². The molecular formula is C22H24FN3O2. The largest absolute Gasteiger partial charge is 0.481 e. The molecule has 0 spiro atoms. The van der Waals surface area contributed by atoms with E-state index in [-0.39, 0.29) is 11.7 Å². The van der Waals surface area contributed by atoms with Crippen LogP contribution in [0.4, 0.5) is 4.39 Å². The molecular weight excluding hydrogens is 357 g/mol. The number of ether oxygens (including phenoxy) is 1. The predicted octanol–water partition coefficient (Wildman–Crippen LogP) is 3.77. The van der Waals surface area contributed by atoms with Crippen molar-refractivity contribution in [2.45, 2.75) is 40.0 Å². The maximum atomic E-state index is 13.0. The smallest absolute Gasteiger partial charge is 0.261 e. The maximum Gasteiger partial charge on any atom is 0.261 e. The van der Waals surface area contributed by atoms with Crippen molar-refractivity contribution in [1.82, 2.24) is 15.1 Å². The molecule has 0 bridgehead atoms. The summed E-state index contributed by atoms with van der Waals surface area (Å²) in [5, 5.41) is 7.50. The summed E-state index contributed by atoms with van der Waals surface area (Å²) >= 11 is 0. The quantitative estimate of drug-likeness (QED) is 0.678. The summed E-state index contributed by atoms with van der Waals surface area (Å²) in [6.07, 6.45) is -0.689. The van der Waals surface area contributed by atoms with Crippen LogP contribution in [-0.2, 0) is 17.9 Å². The fourth-order valence-electron chi connectivity index (χ4n) is 2.99. The van der Waals surface area contributed by atoms with Crippen molar-refractivity contribution in [2.75, 3.05) is 0 Å². The van der Waals surface area contributed by atoms with Crippen LogP contribution in [0.1, 0.15) is 29.4 Å². The van der Waals surface area contributed by atoms with Crippen LogP contribution < -0.4 is 10.1 Å². The van der Waals surface area contributed by atoms with Gasteiger partial charge in [0.05, 0.1) is 12.2 Å². The fraction of sp³-hybridized carbons (Fsp3) is 0.273. The topological polar surface area (TPSA) is 56.2 Å². The van der Waals surface area contributed by atoms with E-state index in [4.69, 9.17) is 4.74 Å². The van der Waals surface area contributed by atoms with Gasteiger partial charge in [0.15, 0.2) is 6.10 Å². The number of nitrogens with zero attached hydrogens (tertiary/aromatic N) is 2. The Kier molecular flexibility index (Phi) is 6.09. The number of hydrogen-bond acceptors (Lipinski definition) is 3. The number of nitrogens with one attached hydrogen (secondary N) is 1. The van der Waals surface area contributed by atoms with Crippen LogP contribution in [0.2, 0.25) is 0 Å². The van der Waals surface area contributed by atoms with Crippen molar-refractivity contribution >= 4 is 5.91 Å². The SMILES string of the molecule is Cc1nn(Cc2ccccc2)c(C)c1CNC(=O)C(C)Oc1ccc(F)cc1. The number of halogens is 1. The van der Waals surface area contributed by atoms with Crippen LogP contribution in [0.5, 0.6) is 5.75 Å². The van der Waals surface area contributed by atoms with E-state index < -0.39 is 6.10 Å². The maximum absolute atomic E-state index is 13.0. The van der Waals surface area contributed by atoms with Gasteiger partial charge < -0.3 is 10.1 Å². The summed E-state index contributed by atoms with van der Waals surface area (Å²) in [7, 11) is 0.